The molecule has 2 bridgehead atoms. The molecule has 4 nitrogen and oxygen atoms in total. The molecule has 3 atom stereocenters. The van der Waals surface area contributed by atoms with E-state index in [1.54, 1.807) is 0 Å². The first-order valence-corrected chi connectivity index (χ1v) is 5.95. The van der Waals surface area contributed by atoms with E-state index in [0.717, 1.165) is 17.1 Å². The molecule has 1 aromatic rings. The average Bonchev–Trinajstić information content (AvgIpc) is 2.91. The molecule has 1 N–H and O–H groups in total. The number of fused-ring (bicyclic) bond motifs is 2. The van der Waals surface area contributed by atoms with Gasteiger partial charge in [-0.1, -0.05) is 5.16 Å². The first-order chi connectivity index (χ1) is 7.70. The Hall–Kier alpha value is -1.32. The molecule has 4 heteroatoms. The number of nitrogens with zero attached hydrogens (tertiary/aromatic N) is 3. The second-order valence-corrected chi connectivity index (χ2v) is 5.11. The van der Waals surface area contributed by atoms with Crippen molar-refractivity contribution in [1.29, 1.82) is 0 Å². The van der Waals surface area contributed by atoms with Crippen molar-refractivity contribution in [1.82, 2.24) is 9.78 Å². The van der Waals surface area contributed by atoms with Gasteiger partial charge in [-0.25, -0.2) is 0 Å². The molecule has 0 unspecified atom stereocenters. The monoisotopic (exact) mass is 219 g/mol. The van der Waals surface area contributed by atoms with Crippen LogP contribution < -0.4 is 0 Å². The van der Waals surface area contributed by atoms with Crippen molar-refractivity contribution in [3.63, 3.8) is 0 Å². The molecule has 1 aromatic heterocycles. The van der Waals surface area contributed by atoms with Gasteiger partial charge in [-0.05, 0) is 45.1 Å². The predicted molar refractivity (Wildman–Crippen MR) is 60.8 cm³/mol. The van der Waals surface area contributed by atoms with Crippen molar-refractivity contribution >= 4 is 5.71 Å². The Labute approximate surface area is 95.0 Å². The Morgan fingerprint density at radius 2 is 2.25 bits per heavy atom. The van der Waals surface area contributed by atoms with Gasteiger partial charge in [-0.2, -0.15) is 5.10 Å². The van der Waals surface area contributed by atoms with E-state index in [-0.39, 0.29) is 6.04 Å². The third kappa shape index (κ3) is 1.22. The maximum atomic E-state index is 9.16. The summed E-state index contributed by atoms with van der Waals surface area (Å²) in [6, 6.07) is 2.29. The molecule has 1 heterocycles. The first-order valence-electron chi connectivity index (χ1n) is 5.95. The van der Waals surface area contributed by atoms with Gasteiger partial charge in [0.15, 0.2) is 0 Å². The molecule has 0 radical (unpaired) electrons. The molecular weight excluding hydrogens is 202 g/mol. The molecule has 0 aliphatic heterocycles. The van der Waals surface area contributed by atoms with Crippen LogP contribution in [0, 0.1) is 25.7 Å². The fraction of sp³-hybridized carbons (Fsp3) is 0.667. The highest BCUT2D eigenvalue weighted by molar-refractivity contribution is 5.93. The number of hydrogen-bond donors (Lipinski definition) is 1. The van der Waals surface area contributed by atoms with Gasteiger partial charge in [0.1, 0.15) is 0 Å². The molecule has 0 amide bonds. The van der Waals surface area contributed by atoms with Gasteiger partial charge in [0, 0.05) is 11.6 Å². The second kappa shape index (κ2) is 3.34. The van der Waals surface area contributed by atoms with Crippen LogP contribution in [-0.2, 0) is 0 Å². The molecule has 2 aliphatic rings. The quantitative estimate of drug-likeness (QED) is 0.582. The Kier molecular flexibility index (Phi) is 2.06. The summed E-state index contributed by atoms with van der Waals surface area (Å²) in [4.78, 5) is 0. The topological polar surface area (TPSA) is 50.4 Å². The fourth-order valence-corrected chi connectivity index (χ4v) is 3.45. The molecular formula is C12H17N3O. The summed E-state index contributed by atoms with van der Waals surface area (Å²) in [7, 11) is 0. The SMILES string of the molecule is Cc1cc(C)n([C@@H]2/C(=N\O)[C@H]3CC[C@H]2C3)n1. The molecule has 16 heavy (non-hydrogen) atoms. The molecule has 2 aliphatic carbocycles. The average molecular weight is 219 g/mol. The van der Waals surface area contributed by atoms with Crippen LogP contribution in [0.1, 0.15) is 36.7 Å². The Morgan fingerprint density at radius 1 is 1.44 bits per heavy atom. The lowest BCUT2D eigenvalue weighted by Gasteiger charge is -2.24. The zero-order valence-electron chi connectivity index (χ0n) is 9.72. The van der Waals surface area contributed by atoms with Crippen LogP contribution in [0.25, 0.3) is 0 Å². The minimum Gasteiger partial charge on any atom is -0.411 e. The number of aromatic nitrogens is 2. The molecule has 0 saturated heterocycles. The van der Waals surface area contributed by atoms with Crippen molar-refractivity contribution in [2.24, 2.45) is 17.0 Å². The van der Waals surface area contributed by atoms with Gasteiger partial charge in [-0.3, -0.25) is 4.68 Å². The van der Waals surface area contributed by atoms with E-state index in [1.165, 1.54) is 19.3 Å². The fourth-order valence-electron chi connectivity index (χ4n) is 3.45. The minimum absolute atomic E-state index is 0.206. The van der Waals surface area contributed by atoms with Gasteiger partial charge in [0.25, 0.3) is 0 Å². The highest BCUT2D eigenvalue weighted by Crippen LogP contribution is 2.48. The van der Waals surface area contributed by atoms with E-state index in [2.05, 4.69) is 23.2 Å². The summed E-state index contributed by atoms with van der Waals surface area (Å²) in [5.74, 6) is 1.11. The van der Waals surface area contributed by atoms with Gasteiger partial charge in [0.05, 0.1) is 17.4 Å². The largest absolute Gasteiger partial charge is 0.411 e. The van der Waals surface area contributed by atoms with E-state index in [1.807, 2.05) is 11.6 Å². The standard InChI is InChI=1S/C12H17N3O/c1-7-5-8(2)15(13-7)12-10-4-3-9(6-10)11(12)14-16/h5,9-10,12,16H,3-4,6H2,1-2H3/b14-11-/t9-,10-,12-/m0/s1. The molecule has 2 fully saturated rings. The van der Waals surface area contributed by atoms with E-state index >= 15 is 0 Å². The maximum Gasteiger partial charge on any atom is 0.0967 e. The van der Waals surface area contributed by atoms with Crippen LogP contribution >= 0.6 is 0 Å². The van der Waals surface area contributed by atoms with Gasteiger partial charge < -0.3 is 5.21 Å². The van der Waals surface area contributed by atoms with Crippen molar-refractivity contribution in [2.75, 3.05) is 0 Å². The zero-order chi connectivity index (χ0) is 11.3. The van der Waals surface area contributed by atoms with Crippen molar-refractivity contribution < 1.29 is 5.21 Å². The molecule has 0 aromatic carbocycles. The smallest absolute Gasteiger partial charge is 0.0967 e. The molecule has 3 rings (SSSR count). The van der Waals surface area contributed by atoms with Crippen molar-refractivity contribution in [3.8, 4) is 0 Å². The van der Waals surface area contributed by atoms with Crippen LogP contribution in [0.2, 0.25) is 0 Å². The minimum atomic E-state index is 0.206. The highest BCUT2D eigenvalue weighted by atomic mass is 16.4. The number of aryl methyl sites for hydroxylation is 2. The lowest BCUT2D eigenvalue weighted by atomic mass is 9.93. The lowest BCUT2D eigenvalue weighted by molar-refractivity contribution is 0.304. The van der Waals surface area contributed by atoms with Crippen LogP contribution in [0.3, 0.4) is 0 Å². The Morgan fingerprint density at radius 3 is 2.88 bits per heavy atom. The van der Waals surface area contributed by atoms with Gasteiger partial charge >= 0.3 is 0 Å². The summed E-state index contributed by atoms with van der Waals surface area (Å²) >= 11 is 0. The van der Waals surface area contributed by atoms with E-state index < -0.39 is 0 Å². The predicted octanol–water partition coefficient (Wildman–Crippen LogP) is 2.30. The van der Waals surface area contributed by atoms with Gasteiger partial charge in [-0.15, -0.1) is 0 Å². The molecule has 2 saturated carbocycles. The van der Waals surface area contributed by atoms with Crippen molar-refractivity contribution in [3.05, 3.63) is 17.5 Å². The Balaban J connectivity index is 2.03. The normalized spacial score (nSPS) is 35.1. The summed E-state index contributed by atoms with van der Waals surface area (Å²) in [5, 5.41) is 17.2. The molecule has 0 spiro atoms. The third-order valence-electron chi connectivity index (χ3n) is 4.06. The summed E-state index contributed by atoms with van der Waals surface area (Å²) in [5.41, 5.74) is 3.15. The van der Waals surface area contributed by atoms with E-state index in [0.29, 0.717) is 11.8 Å². The summed E-state index contributed by atoms with van der Waals surface area (Å²) in [6.07, 6.45) is 3.59. The van der Waals surface area contributed by atoms with Crippen LogP contribution in [0.4, 0.5) is 0 Å². The number of hydrogen-bond acceptors (Lipinski definition) is 3. The zero-order valence-corrected chi connectivity index (χ0v) is 9.72. The maximum absolute atomic E-state index is 9.16. The number of oxime groups is 1. The summed E-state index contributed by atoms with van der Waals surface area (Å²) < 4.78 is 2.05. The van der Waals surface area contributed by atoms with Gasteiger partial charge in [0.2, 0.25) is 0 Å². The Bertz CT molecular complexity index is 449. The van der Waals surface area contributed by atoms with Crippen LogP contribution in [0.15, 0.2) is 11.2 Å². The van der Waals surface area contributed by atoms with Crippen LogP contribution in [0.5, 0.6) is 0 Å². The number of rotatable bonds is 1. The molecule has 86 valence electrons. The van der Waals surface area contributed by atoms with Crippen LogP contribution in [-0.4, -0.2) is 20.7 Å². The van der Waals surface area contributed by atoms with Crippen molar-refractivity contribution in [2.45, 2.75) is 39.2 Å². The van der Waals surface area contributed by atoms with E-state index in [4.69, 9.17) is 5.21 Å². The lowest BCUT2D eigenvalue weighted by Crippen LogP contribution is -2.27. The first kappa shape index (κ1) is 9.87. The summed E-state index contributed by atoms with van der Waals surface area (Å²) in [6.45, 7) is 4.08. The third-order valence-corrected chi connectivity index (χ3v) is 4.06. The highest BCUT2D eigenvalue weighted by Gasteiger charge is 2.47. The second-order valence-electron chi connectivity index (χ2n) is 5.11. The van der Waals surface area contributed by atoms with E-state index in [9.17, 15) is 0 Å².